The van der Waals surface area contributed by atoms with E-state index in [-0.39, 0.29) is 22.0 Å². The molecule has 0 aromatic carbocycles. The van der Waals surface area contributed by atoms with Gasteiger partial charge in [0, 0.05) is 11.7 Å². The molecule has 21 heavy (non-hydrogen) atoms. The summed E-state index contributed by atoms with van der Waals surface area (Å²) in [6.07, 6.45) is 8.83. The smallest absolute Gasteiger partial charge is 0.266 e. The largest absolute Gasteiger partial charge is 0.347 e. The summed E-state index contributed by atoms with van der Waals surface area (Å²) in [6, 6.07) is 1.45. The molecule has 0 radical (unpaired) electrons. The van der Waals surface area contributed by atoms with Crippen LogP contribution in [-0.2, 0) is 0 Å². The third kappa shape index (κ3) is 2.30. The van der Waals surface area contributed by atoms with Gasteiger partial charge in [-0.2, -0.15) is 0 Å². The molecule has 0 atom stereocenters. The Morgan fingerprint density at radius 1 is 1.19 bits per heavy atom. The third-order valence-electron chi connectivity index (χ3n) is 5.54. The number of H-pyrrole nitrogens is 1. The molecule has 1 amide bonds. The normalized spacial score (nSPS) is 36.7. The molecule has 2 N–H and O–H groups in total. The number of amides is 1. The Morgan fingerprint density at radius 3 is 2.29 bits per heavy atom. The molecule has 1 aromatic heterocycles. The van der Waals surface area contributed by atoms with E-state index in [1.54, 1.807) is 0 Å². The highest BCUT2D eigenvalue weighted by molar-refractivity contribution is 6.30. The molecule has 1 heterocycles. The molecule has 0 spiro atoms. The number of hydrogen-bond acceptors (Lipinski definition) is 2. The number of nitrogens with one attached hydrogen (secondary N) is 2. The van der Waals surface area contributed by atoms with E-state index >= 15 is 0 Å². The topological polar surface area (TPSA) is 62.0 Å². The van der Waals surface area contributed by atoms with Crippen molar-refractivity contribution in [1.82, 2.24) is 10.3 Å². The van der Waals surface area contributed by atoms with Crippen LogP contribution >= 0.6 is 11.6 Å². The number of aromatic amines is 1. The van der Waals surface area contributed by atoms with Crippen LogP contribution in [0.15, 0.2) is 17.1 Å². The summed E-state index contributed by atoms with van der Waals surface area (Å²) in [6.45, 7) is 0. The average Bonchev–Trinajstić information content (AvgIpc) is 2.39. The van der Waals surface area contributed by atoms with Gasteiger partial charge in [0.15, 0.2) is 0 Å². The first kappa shape index (κ1) is 13.4. The maximum absolute atomic E-state index is 12.5. The van der Waals surface area contributed by atoms with E-state index in [2.05, 4.69) is 10.3 Å². The highest BCUT2D eigenvalue weighted by atomic mass is 35.5. The van der Waals surface area contributed by atoms with E-state index < -0.39 is 0 Å². The molecule has 5 rings (SSSR count). The lowest BCUT2D eigenvalue weighted by Crippen LogP contribution is -2.59. The monoisotopic (exact) mass is 306 g/mol. The molecule has 4 bridgehead atoms. The van der Waals surface area contributed by atoms with Gasteiger partial charge >= 0.3 is 0 Å². The van der Waals surface area contributed by atoms with Crippen LogP contribution < -0.4 is 10.9 Å². The molecule has 4 fully saturated rings. The number of carbonyl (C=O) groups excluding carboxylic acids is 1. The molecular formula is C16H19ClN2O2. The number of hydrogen-bond donors (Lipinski definition) is 2. The summed E-state index contributed by atoms with van der Waals surface area (Å²) in [7, 11) is 0. The van der Waals surface area contributed by atoms with Crippen LogP contribution in [0.4, 0.5) is 0 Å². The van der Waals surface area contributed by atoms with Crippen molar-refractivity contribution < 1.29 is 4.79 Å². The second-order valence-corrected chi connectivity index (χ2v) is 7.62. The van der Waals surface area contributed by atoms with Crippen LogP contribution in [0.5, 0.6) is 0 Å². The second-order valence-electron chi connectivity index (χ2n) is 7.22. The molecule has 1 aromatic rings. The van der Waals surface area contributed by atoms with Crippen molar-refractivity contribution in [2.75, 3.05) is 0 Å². The first-order valence-electron chi connectivity index (χ1n) is 7.74. The van der Waals surface area contributed by atoms with Gasteiger partial charge in [0.1, 0.15) is 5.02 Å². The fraction of sp³-hybridized carbons (Fsp3) is 0.625. The Hall–Kier alpha value is -1.29. The van der Waals surface area contributed by atoms with Crippen molar-refractivity contribution in [3.8, 4) is 0 Å². The highest BCUT2D eigenvalue weighted by Crippen LogP contribution is 2.55. The molecule has 0 aliphatic heterocycles. The van der Waals surface area contributed by atoms with Crippen molar-refractivity contribution in [3.63, 3.8) is 0 Å². The lowest BCUT2D eigenvalue weighted by Gasteiger charge is -2.56. The minimum atomic E-state index is -0.358. The lowest BCUT2D eigenvalue weighted by molar-refractivity contribution is -0.0167. The Labute approximate surface area is 128 Å². The first-order chi connectivity index (χ1) is 10.0. The van der Waals surface area contributed by atoms with Crippen LogP contribution in [0.3, 0.4) is 0 Å². The van der Waals surface area contributed by atoms with Crippen LogP contribution in [-0.4, -0.2) is 16.4 Å². The van der Waals surface area contributed by atoms with Crippen LogP contribution in [0, 0.1) is 17.8 Å². The van der Waals surface area contributed by atoms with Gasteiger partial charge in [-0.3, -0.25) is 9.59 Å². The third-order valence-corrected chi connectivity index (χ3v) is 5.82. The highest BCUT2D eigenvalue weighted by Gasteiger charge is 2.51. The summed E-state index contributed by atoms with van der Waals surface area (Å²) in [4.78, 5) is 26.3. The molecule has 112 valence electrons. The molecule has 4 aliphatic rings. The van der Waals surface area contributed by atoms with E-state index in [1.807, 2.05) is 0 Å². The summed E-state index contributed by atoms with van der Waals surface area (Å²) >= 11 is 5.81. The van der Waals surface area contributed by atoms with Gasteiger partial charge in [0.05, 0.1) is 5.56 Å². The zero-order valence-corrected chi connectivity index (χ0v) is 12.6. The quantitative estimate of drug-likeness (QED) is 0.882. The summed E-state index contributed by atoms with van der Waals surface area (Å²) in [5.74, 6) is 2.25. The van der Waals surface area contributed by atoms with E-state index in [0.717, 1.165) is 37.0 Å². The fourth-order valence-electron chi connectivity index (χ4n) is 5.16. The van der Waals surface area contributed by atoms with Gasteiger partial charge in [-0.05, 0) is 62.3 Å². The Bertz CT molecular complexity index is 617. The molecule has 4 nitrogen and oxygen atoms in total. The van der Waals surface area contributed by atoms with Crippen molar-refractivity contribution in [2.24, 2.45) is 17.8 Å². The zero-order valence-electron chi connectivity index (χ0n) is 11.8. The van der Waals surface area contributed by atoms with Crippen molar-refractivity contribution in [1.29, 1.82) is 0 Å². The number of carbonyl (C=O) groups is 1. The molecule has 5 heteroatoms. The number of aromatic nitrogens is 1. The number of pyridine rings is 1. The maximum atomic E-state index is 12.5. The standard InChI is InChI=1S/C16H19ClN2O2/c17-13-4-12(8-18-15(13)21)14(20)19-16-5-9-1-10(6-16)3-11(2-9)7-16/h4,8-11H,1-3,5-7H2,(H,18,21)(H,19,20). The van der Waals surface area contributed by atoms with Crippen molar-refractivity contribution >= 4 is 17.5 Å². The maximum Gasteiger partial charge on any atom is 0.266 e. The minimum Gasteiger partial charge on any atom is -0.347 e. The van der Waals surface area contributed by atoms with Crippen LogP contribution in [0.1, 0.15) is 48.9 Å². The number of halogens is 1. The second kappa shape index (κ2) is 4.60. The fourth-order valence-corrected chi connectivity index (χ4v) is 5.34. The van der Waals surface area contributed by atoms with Crippen molar-refractivity contribution in [3.05, 3.63) is 33.2 Å². The van der Waals surface area contributed by atoms with E-state index in [9.17, 15) is 9.59 Å². The SMILES string of the molecule is O=C(NC12CC3CC(CC(C3)C1)C2)c1c[nH]c(=O)c(Cl)c1. The molecule has 0 saturated heterocycles. The first-order valence-corrected chi connectivity index (χ1v) is 8.11. The molecular weight excluding hydrogens is 288 g/mol. The van der Waals surface area contributed by atoms with Crippen LogP contribution in [0.25, 0.3) is 0 Å². The van der Waals surface area contributed by atoms with Gasteiger partial charge < -0.3 is 10.3 Å². The predicted octanol–water partition coefficient (Wildman–Crippen LogP) is 2.73. The summed E-state index contributed by atoms with van der Waals surface area (Å²) in [5.41, 5.74) is 0.0624. The van der Waals surface area contributed by atoms with E-state index in [1.165, 1.54) is 31.5 Å². The van der Waals surface area contributed by atoms with Gasteiger partial charge in [-0.1, -0.05) is 11.6 Å². The Morgan fingerprint density at radius 2 is 1.76 bits per heavy atom. The molecule has 4 saturated carbocycles. The average molecular weight is 307 g/mol. The lowest BCUT2D eigenvalue weighted by atomic mass is 9.53. The van der Waals surface area contributed by atoms with E-state index in [4.69, 9.17) is 11.6 Å². The van der Waals surface area contributed by atoms with Gasteiger partial charge in [0.2, 0.25) is 0 Å². The molecule has 0 unspecified atom stereocenters. The minimum absolute atomic E-state index is 0.0194. The number of rotatable bonds is 2. The molecule has 4 aliphatic carbocycles. The predicted molar refractivity (Wildman–Crippen MR) is 80.4 cm³/mol. The summed E-state index contributed by atoms with van der Waals surface area (Å²) < 4.78 is 0. The van der Waals surface area contributed by atoms with E-state index in [0.29, 0.717) is 5.56 Å². The van der Waals surface area contributed by atoms with Crippen molar-refractivity contribution in [2.45, 2.75) is 44.1 Å². The van der Waals surface area contributed by atoms with Gasteiger partial charge in [-0.25, -0.2) is 0 Å². The summed E-state index contributed by atoms with van der Waals surface area (Å²) in [5, 5.41) is 3.33. The zero-order chi connectivity index (χ0) is 14.6. The Kier molecular flexibility index (Phi) is 2.93. The van der Waals surface area contributed by atoms with Gasteiger partial charge in [0.25, 0.3) is 11.5 Å². The van der Waals surface area contributed by atoms with Gasteiger partial charge in [-0.15, -0.1) is 0 Å². The Balaban J connectivity index is 1.56. The van der Waals surface area contributed by atoms with Crippen LogP contribution in [0.2, 0.25) is 5.02 Å².